The Morgan fingerprint density at radius 3 is 2.72 bits per heavy atom. The van der Waals surface area contributed by atoms with Crippen LogP contribution in [0.25, 0.3) is 0 Å². The normalized spacial score (nSPS) is 24.6. The molecule has 0 saturated carbocycles. The zero-order valence-corrected chi connectivity index (χ0v) is 14.3. The monoisotopic (exact) mass is 340 g/mol. The van der Waals surface area contributed by atoms with Gasteiger partial charge in [-0.15, -0.1) is 0 Å². The summed E-state index contributed by atoms with van der Waals surface area (Å²) in [6.07, 6.45) is 7.33. The van der Waals surface area contributed by atoms with Gasteiger partial charge in [0.25, 0.3) is 5.91 Å². The van der Waals surface area contributed by atoms with Crippen molar-refractivity contribution >= 4 is 5.91 Å². The minimum Gasteiger partial charge on any atom is -0.379 e. The molecule has 4 rings (SSSR count). The van der Waals surface area contributed by atoms with E-state index in [9.17, 15) is 4.79 Å². The number of nitrogens with zero attached hydrogens (tertiary/aromatic N) is 3. The number of pyridine rings is 1. The Kier molecular flexibility index (Phi) is 4.81. The van der Waals surface area contributed by atoms with Gasteiger partial charge in [-0.1, -0.05) is 0 Å². The van der Waals surface area contributed by atoms with Crippen LogP contribution >= 0.6 is 0 Å². The van der Waals surface area contributed by atoms with Gasteiger partial charge in [-0.25, -0.2) is 0 Å². The van der Waals surface area contributed by atoms with Crippen LogP contribution < -0.4 is 0 Å². The fourth-order valence-corrected chi connectivity index (χ4v) is 4.05. The molecular formula is C19H24N4O2. The summed E-state index contributed by atoms with van der Waals surface area (Å²) in [5.74, 6) is 0.0971. The van der Waals surface area contributed by atoms with Gasteiger partial charge in [0.2, 0.25) is 0 Å². The quantitative estimate of drug-likeness (QED) is 0.918. The van der Waals surface area contributed by atoms with E-state index in [0.29, 0.717) is 11.7 Å². The van der Waals surface area contributed by atoms with Crippen molar-refractivity contribution in [1.82, 2.24) is 19.8 Å². The summed E-state index contributed by atoms with van der Waals surface area (Å²) >= 11 is 0. The average molecular weight is 340 g/mol. The summed E-state index contributed by atoms with van der Waals surface area (Å²) in [7, 11) is 0. The molecule has 2 atom stereocenters. The molecule has 2 aliphatic heterocycles. The van der Waals surface area contributed by atoms with Gasteiger partial charge in [-0.2, -0.15) is 0 Å². The van der Waals surface area contributed by atoms with Crippen LogP contribution in [0.15, 0.2) is 42.9 Å². The van der Waals surface area contributed by atoms with Crippen molar-refractivity contribution in [3.63, 3.8) is 0 Å². The number of likely N-dealkylation sites (tertiary alicyclic amines) is 1. The van der Waals surface area contributed by atoms with Crippen LogP contribution in [0.1, 0.15) is 22.5 Å². The van der Waals surface area contributed by atoms with E-state index in [1.54, 1.807) is 6.20 Å². The third-order valence-electron chi connectivity index (χ3n) is 5.31. The second-order valence-electron chi connectivity index (χ2n) is 6.71. The van der Waals surface area contributed by atoms with Gasteiger partial charge in [0.05, 0.1) is 19.3 Å². The van der Waals surface area contributed by atoms with Crippen molar-refractivity contribution in [3.05, 3.63) is 54.1 Å². The minimum absolute atomic E-state index is 0.0971. The van der Waals surface area contributed by atoms with Crippen LogP contribution in [0.4, 0.5) is 0 Å². The third kappa shape index (κ3) is 3.45. The summed E-state index contributed by atoms with van der Waals surface area (Å²) in [5.41, 5.74) is 1.90. The van der Waals surface area contributed by atoms with E-state index in [2.05, 4.69) is 14.9 Å². The molecule has 2 aromatic rings. The number of nitrogens with one attached hydrogen (secondary N) is 1. The molecule has 2 aromatic heterocycles. The summed E-state index contributed by atoms with van der Waals surface area (Å²) in [5, 5.41) is 0. The first-order chi connectivity index (χ1) is 12.3. The molecule has 4 heterocycles. The lowest BCUT2D eigenvalue weighted by atomic mass is 9.99. The molecule has 2 aliphatic rings. The van der Waals surface area contributed by atoms with Crippen LogP contribution in [0.5, 0.6) is 0 Å². The summed E-state index contributed by atoms with van der Waals surface area (Å²) < 4.78 is 5.51. The molecule has 0 bridgehead atoms. The zero-order valence-electron chi connectivity index (χ0n) is 14.3. The van der Waals surface area contributed by atoms with E-state index in [0.717, 1.165) is 45.7 Å². The maximum Gasteiger partial charge on any atom is 0.270 e. The number of carbonyl (C=O) groups excluding carboxylic acids is 1. The lowest BCUT2D eigenvalue weighted by molar-refractivity contribution is 0.00860. The first-order valence-electron chi connectivity index (χ1n) is 8.98. The molecule has 132 valence electrons. The van der Waals surface area contributed by atoms with Crippen molar-refractivity contribution in [2.45, 2.75) is 24.9 Å². The Balaban J connectivity index is 1.58. The Hall–Kier alpha value is -2.18. The van der Waals surface area contributed by atoms with E-state index in [-0.39, 0.29) is 11.9 Å². The molecule has 2 saturated heterocycles. The lowest BCUT2D eigenvalue weighted by Gasteiger charge is -2.37. The number of aromatic nitrogens is 2. The molecule has 1 amide bonds. The number of H-pyrrole nitrogens is 1. The SMILES string of the molecule is O=C(c1ccc[nH]1)N1CC[C@H](N2CCOCC2)[C@H]1Cc1ccncc1. The number of ether oxygens (including phenoxy) is 1. The molecule has 0 aromatic carbocycles. The average Bonchev–Trinajstić information content (AvgIpc) is 3.33. The van der Waals surface area contributed by atoms with E-state index in [1.165, 1.54) is 5.56 Å². The number of carbonyl (C=O) groups is 1. The second-order valence-corrected chi connectivity index (χ2v) is 6.71. The summed E-state index contributed by atoms with van der Waals surface area (Å²) in [4.78, 5) is 24.7. The van der Waals surface area contributed by atoms with Crippen molar-refractivity contribution in [3.8, 4) is 0 Å². The van der Waals surface area contributed by atoms with Gasteiger partial charge in [0.15, 0.2) is 0 Å². The van der Waals surface area contributed by atoms with Crippen LogP contribution in [0.2, 0.25) is 0 Å². The van der Waals surface area contributed by atoms with Gasteiger partial charge in [-0.05, 0) is 42.7 Å². The number of hydrogen-bond acceptors (Lipinski definition) is 4. The summed E-state index contributed by atoms with van der Waals surface area (Å²) in [6.45, 7) is 4.26. The third-order valence-corrected chi connectivity index (χ3v) is 5.31. The second kappa shape index (κ2) is 7.37. The standard InChI is InChI=1S/C19H24N4O2/c24-19(16-2-1-6-21-16)23-9-5-17(22-10-12-25-13-11-22)18(23)14-15-3-7-20-8-4-15/h1-4,6-8,17-18,21H,5,9-14H2/t17-,18+/m0/s1. The smallest absolute Gasteiger partial charge is 0.270 e. The van der Waals surface area contributed by atoms with Gasteiger partial charge in [-0.3, -0.25) is 14.7 Å². The van der Waals surface area contributed by atoms with Gasteiger partial charge in [0, 0.05) is 44.3 Å². The Morgan fingerprint density at radius 2 is 2.00 bits per heavy atom. The van der Waals surface area contributed by atoms with E-state index < -0.39 is 0 Å². The van der Waals surface area contributed by atoms with E-state index in [4.69, 9.17) is 4.74 Å². The molecular weight excluding hydrogens is 316 g/mol. The number of aromatic amines is 1. The molecule has 0 aliphatic carbocycles. The lowest BCUT2D eigenvalue weighted by Crippen LogP contribution is -2.51. The molecule has 1 N–H and O–H groups in total. The molecule has 6 heteroatoms. The highest BCUT2D eigenvalue weighted by molar-refractivity contribution is 5.93. The largest absolute Gasteiger partial charge is 0.379 e. The number of amides is 1. The number of morpholine rings is 1. The van der Waals surface area contributed by atoms with Crippen LogP contribution in [-0.2, 0) is 11.2 Å². The van der Waals surface area contributed by atoms with Gasteiger partial charge >= 0.3 is 0 Å². The molecule has 2 fully saturated rings. The molecule has 0 unspecified atom stereocenters. The molecule has 6 nitrogen and oxygen atoms in total. The molecule has 25 heavy (non-hydrogen) atoms. The van der Waals surface area contributed by atoms with Crippen LogP contribution in [0.3, 0.4) is 0 Å². The van der Waals surface area contributed by atoms with E-state index in [1.807, 2.05) is 41.6 Å². The van der Waals surface area contributed by atoms with Crippen molar-refractivity contribution in [2.24, 2.45) is 0 Å². The maximum atomic E-state index is 13.0. The first-order valence-corrected chi connectivity index (χ1v) is 8.98. The van der Waals surface area contributed by atoms with Crippen LogP contribution in [-0.4, -0.2) is 70.6 Å². The number of rotatable bonds is 4. The van der Waals surface area contributed by atoms with Crippen molar-refractivity contribution in [2.75, 3.05) is 32.8 Å². The fourth-order valence-electron chi connectivity index (χ4n) is 4.05. The first kappa shape index (κ1) is 16.3. The minimum atomic E-state index is 0.0971. The Labute approximate surface area is 147 Å². The highest BCUT2D eigenvalue weighted by atomic mass is 16.5. The Bertz CT molecular complexity index is 683. The van der Waals surface area contributed by atoms with Crippen LogP contribution in [0, 0.1) is 0 Å². The topological polar surface area (TPSA) is 61.5 Å². The van der Waals surface area contributed by atoms with Crippen molar-refractivity contribution in [1.29, 1.82) is 0 Å². The Morgan fingerprint density at radius 1 is 1.20 bits per heavy atom. The number of hydrogen-bond donors (Lipinski definition) is 1. The molecule has 0 spiro atoms. The predicted molar refractivity (Wildman–Crippen MR) is 94.4 cm³/mol. The maximum absolute atomic E-state index is 13.0. The van der Waals surface area contributed by atoms with Gasteiger partial charge in [0.1, 0.15) is 5.69 Å². The summed E-state index contributed by atoms with van der Waals surface area (Å²) in [6, 6.07) is 8.39. The van der Waals surface area contributed by atoms with E-state index >= 15 is 0 Å². The van der Waals surface area contributed by atoms with Crippen molar-refractivity contribution < 1.29 is 9.53 Å². The highest BCUT2D eigenvalue weighted by Crippen LogP contribution is 2.28. The fraction of sp³-hybridized carbons (Fsp3) is 0.474. The predicted octanol–water partition coefficient (Wildman–Crippen LogP) is 1.57. The van der Waals surface area contributed by atoms with Gasteiger partial charge < -0.3 is 14.6 Å². The highest BCUT2D eigenvalue weighted by Gasteiger charge is 2.40. The zero-order chi connectivity index (χ0) is 17.1. The molecule has 0 radical (unpaired) electrons.